The number of benzene rings is 9. The van der Waals surface area contributed by atoms with Gasteiger partial charge in [-0.05, 0) is 85.5 Å². The van der Waals surface area contributed by atoms with E-state index in [4.69, 9.17) is 0 Å². The molecule has 1 aliphatic rings. The Morgan fingerprint density at radius 2 is 1.03 bits per heavy atom. The maximum Gasteiger partial charge on any atom is 0.270 e. The van der Waals surface area contributed by atoms with E-state index in [9.17, 15) is 0 Å². The molecule has 62 heavy (non-hydrogen) atoms. The van der Waals surface area contributed by atoms with Crippen molar-refractivity contribution >= 4 is 116 Å². The Morgan fingerprint density at radius 3 is 1.82 bits per heavy atom. The molecule has 0 amide bonds. The molecule has 0 fully saturated rings. The van der Waals surface area contributed by atoms with Crippen molar-refractivity contribution in [2.24, 2.45) is 0 Å². The van der Waals surface area contributed by atoms with Crippen molar-refractivity contribution in [2.75, 3.05) is 0 Å². The molecule has 6 nitrogen and oxygen atoms in total. The first kappa shape index (κ1) is 33.2. The smallest absolute Gasteiger partial charge is 0.270 e. The zero-order chi connectivity index (χ0) is 40.6. The van der Waals surface area contributed by atoms with E-state index in [1.54, 1.807) is 10.0 Å². The average Bonchev–Trinajstić information content (AvgIpc) is 4.01. The predicted molar refractivity (Wildman–Crippen MR) is 258 cm³/mol. The lowest BCUT2D eigenvalue weighted by atomic mass is 9.96. The molecule has 0 spiro atoms. The van der Waals surface area contributed by atoms with Crippen molar-refractivity contribution in [1.82, 2.24) is 17.1 Å². The quantitative estimate of drug-likeness (QED) is 0.174. The molecule has 5 aromatic heterocycles. The predicted octanol–water partition coefficient (Wildman–Crippen LogP) is 14.2. The van der Waals surface area contributed by atoms with Crippen molar-refractivity contribution < 1.29 is 8.42 Å². The van der Waals surface area contributed by atoms with Gasteiger partial charge in [-0.2, -0.15) is 0 Å². The minimum absolute atomic E-state index is 0.289. The maximum absolute atomic E-state index is 15.0. The molecule has 0 bridgehead atoms. The maximum atomic E-state index is 15.0. The molecular weight excluding hydrogens is 800 g/mol. The Kier molecular flexibility index (Phi) is 6.11. The molecule has 8 heteroatoms. The van der Waals surface area contributed by atoms with E-state index in [1.165, 1.54) is 59.6 Å². The zero-order valence-corrected chi connectivity index (χ0v) is 34.6. The number of nitrogens with zero attached hydrogens (tertiary/aromatic N) is 4. The van der Waals surface area contributed by atoms with Crippen molar-refractivity contribution in [2.45, 2.75) is 4.90 Å². The summed E-state index contributed by atoms with van der Waals surface area (Å²) in [6.07, 6.45) is 0. The topological polar surface area (TPSA) is 52.8 Å². The van der Waals surface area contributed by atoms with Gasteiger partial charge >= 0.3 is 0 Å². The highest BCUT2D eigenvalue weighted by molar-refractivity contribution is 7.90. The fraction of sp³-hybridized carbons (Fsp3) is 0. The fourth-order valence-electron chi connectivity index (χ4n) is 11.2. The molecule has 15 rings (SSSR count). The normalized spacial score (nSPS) is 14.0. The number of hydrogen-bond donors (Lipinski definition) is 0. The van der Waals surface area contributed by atoms with Gasteiger partial charge in [0.05, 0.1) is 55.3 Å². The summed E-state index contributed by atoms with van der Waals surface area (Å²) >= 11 is 0. The second-order valence-electron chi connectivity index (χ2n) is 16.5. The van der Waals surface area contributed by atoms with E-state index in [2.05, 4.69) is 159 Å². The summed E-state index contributed by atoms with van der Waals surface area (Å²) < 4.78 is 39.0. The lowest BCUT2D eigenvalue weighted by Crippen LogP contribution is -2.13. The van der Waals surface area contributed by atoms with Crippen LogP contribution < -0.4 is 0 Å². The van der Waals surface area contributed by atoms with Crippen LogP contribution in [0, 0.1) is 0 Å². The van der Waals surface area contributed by atoms with Crippen LogP contribution in [-0.4, -0.2) is 25.5 Å². The van der Waals surface area contributed by atoms with Gasteiger partial charge in [-0.1, -0.05) is 121 Å². The fourth-order valence-corrected chi connectivity index (χ4v) is 15.5. The second-order valence-corrected chi connectivity index (χ2v) is 20.3. The SMILES string of the molecule is O=S1(=O)c2ccccc2-n2c3ccccc3c3c(-c4ccc5c(c4)p(-c4ccccc4)n4c6ccccc6c6ccc7c8ccccc8n5c7c64)cc4c5ccccc5n1c4c32. The van der Waals surface area contributed by atoms with Crippen LogP contribution in [0.4, 0.5) is 0 Å². The number of para-hydroxylation sites is 5. The van der Waals surface area contributed by atoms with Gasteiger partial charge in [0.1, 0.15) is 4.90 Å². The van der Waals surface area contributed by atoms with Gasteiger partial charge in [-0.25, -0.2) is 12.4 Å². The highest BCUT2D eigenvalue weighted by Crippen LogP contribution is 2.54. The lowest BCUT2D eigenvalue weighted by Gasteiger charge is -2.13. The minimum atomic E-state index is -3.99. The van der Waals surface area contributed by atoms with Crippen LogP contribution >= 0.6 is 7.69 Å². The Balaban J connectivity index is 1.21. The first-order valence-electron chi connectivity index (χ1n) is 20.9. The summed E-state index contributed by atoms with van der Waals surface area (Å²) in [6, 6.07) is 66.6. The van der Waals surface area contributed by atoms with Gasteiger partial charge < -0.3 is 8.97 Å². The molecule has 0 aliphatic carbocycles. The number of rotatable bonds is 2. The molecule has 1 aliphatic heterocycles. The molecule has 0 radical (unpaired) electrons. The van der Waals surface area contributed by atoms with Crippen LogP contribution in [0.1, 0.15) is 0 Å². The van der Waals surface area contributed by atoms with Gasteiger partial charge in [-0.15, -0.1) is 0 Å². The van der Waals surface area contributed by atoms with E-state index in [1.807, 2.05) is 36.4 Å². The molecule has 6 heterocycles. The Labute approximate surface area is 354 Å². The minimum Gasteiger partial charge on any atom is -0.306 e. The molecule has 290 valence electrons. The van der Waals surface area contributed by atoms with Gasteiger partial charge in [-0.3, -0.25) is 4.16 Å². The van der Waals surface area contributed by atoms with E-state index in [0.717, 1.165) is 43.7 Å². The first-order chi connectivity index (χ1) is 30.6. The number of fused-ring (bicyclic) bond motifs is 16. The van der Waals surface area contributed by atoms with E-state index in [-0.39, 0.29) is 4.90 Å². The van der Waals surface area contributed by atoms with Crippen molar-refractivity contribution in [3.63, 3.8) is 0 Å². The average molecular weight is 831 g/mol. The highest BCUT2D eigenvalue weighted by atomic mass is 32.2. The van der Waals surface area contributed by atoms with E-state index >= 15 is 8.42 Å². The molecule has 9 aromatic carbocycles. The van der Waals surface area contributed by atoms with Crippen LogP contribution in [0.3, 0.4) is 0 Å². The summed E-state index contributed by atoms with van der Waals surface area (Å²) in [5, 5.41) is 11.4. The molecule has 1 unspecified atom stereocenters. The molecule has 1 atom stereocenters. The molecule has 0 saturated heterocycles. The Bertz CT molecular complexity index is 4470. The monoisotopic (exact) mass is 830 g/mol. The van der Waals surface area contributed by atoms with E-state index < -0.39 is 17.7 Å². The Morgan fingerprint density at radius 1 is 0.419 bits per heavy atom. The largest absolute Gasteiger partial charge is 0.306 e. The summed E-state index contributed by atoms with van der Waals surface area (Å²) in [7, 11) is -5.16. The van der Waals surface area contributed by atoms with Gasteiger partial charge in [0.25, 0.3) is 10.0 Å². The summed E-state index contributed by atoms with van der Waals surface area (Å²) in [4.78, 5) is 0.289. The van der Waals surface area contributed by atoms with Crippen LogP contribution in [0.5, 0.6) is 0 Å². The molecule has 0 saturated carbocycles. The van der Waals surface area contributed by atoms with Gasteiger partial charge in [0.2, 0.25) is 0 Å². The third-order valence-electron chi connectivity index (χ3n) is 13.6. The van der Waals surface area contributed by atoms with E-state index in [0.29, 0.717) is 16.7 Å². The third kappa shape index (κ3) is 3.86. The van der Waals surface area contributed by atoms with Crippen molar-refractivity contribution in [1.29, 1.82) is 0 Å². The van der Waals surface area contributed by atoms with Gasteiger partial charge in [0, 0.05) is 53.5 Å². The third-order valence-corrected chi connectivity index (χ3v) is 17.7. The van der Waals surface area contributed by atoms with Gasteiger partial charge in [0.15, 0.2) is 0 Å². The summed E-state index contributed by atoms with van der Waals surface area (Å²) in [5.41, 5.74) is 12.1. The summed E-state index contributed by atoms with van der Waals surface area (Å²) in [5.74, 6) is 0. The highest BCUT2D eigenvalue weighted by Gasteiger charge is 2.34. The molecule has 0 N–H and O–H groups in total. The zero-order valence-electron chi connectivity index (χ0n) is 32.9. The van der Waals surface area contributed by atoms with Crippen LogP contribution in [0.2, 0.25) is 0 Å². The van der Waals surface area contributed by atoms with Crippen molar-refractivity contribution in [3.05, 3.63) is 188 Å². The second kappa shape index (κ2) is 11.4. The van der Waals surface area contributed by atoms with Crippen LogP contribution in [-0.2, 0) is 10.0 Å². The molecular formula is C54H31N4O2PS. The number of aromatic nitrogens is 4. The first-order valence-corrected chi connectivity index (χ1v) is 23.6. The van der Waals surface area contributed by atoms with Crippen LogP contribution in [0.15, 0.2) is 193 Å². The summed E-state index contributed by atoms with van der Waals surface area (Å²) in [6.45, 7) is 0. The lowest BCUT2D eigenvalue weighted by molar-refractivity contribution is 0.590. The van der Waals surface area contributed by atoms with Crippen molar-refractivity contribution in [3.8, 4) is 22.1 Å². The Hall–Kier alpha value is -7.57. The molecule has 14 aromatic rings. The van der Waals surface area contributed by atoms with Crippen LogP contribution in [0.25, 0.3) is 120 Å². The number of hydrogen-bond acceptors (Lipinski definition) is 2. The standard InChI is InChI=1S/C54H31N4O2PS/c59-62(60)49-25-13-12-24-47(49)56-43-21-9-7-19-39(43)50-40(31-41-36-18-6-11-23-45(36)58(62)53(41)54(50)56)32-26-29-46-48(30-32)61(33-14-2-1-3-15-33)57-44-22-10-5-17-35(44)38-28-27-37-34-16-4-8-20-42(34)55(46)51(37)52(38)57/h1-31H.